The zero-order valence-corrected chi connectivity index (χ0v) is 18.9. The van der Waals surface area contributed by atoms with Gasteiger partial charge in [-0.25, -0.2) is 4.79 Å². The largest absolute Gasteiger partial charge is 0.345 e. The van der Waals surface area contributed by atoms with Crippen LogP contribution in [0.25, 0.3) is 0 Å². The van der Waals surface area contributed by atoms with Crippen molar-refractivity contribution in [1.29, 1.82) is 0 Å². The monoisotopic (exact) mass is 455 g/mol. The van der Waals surface area contributed by atoms with Crippen LogP contribution in [0.2, 0.25) is 10.0 Å². The number of nitrogens with one attached hydrogen (secondary N) is 1. The quantitative estimate of drug-likeness (QED) is 0.418. The number of amides is 2. The molecule has 2 amide bonds. The molecule has 0 radical (unpaired) electrons. The molecule has 0 bridgehead atoms. The Morgan fingerprint density at radius 1 is 1.00 bits per heavy atom. The molecule has 1 heterocycles. The lowest BCUT2D eigenvalue weighted by Crippen LogP contribution is -2.43. The smallest absolute Gasteiger partial charge is 0.322 e. The van der Waals surface area contributed by atoms with E-state index in [2.05, 4.69) is 16.0 Å². The normalized spacial score (nSPS) is 14.4. The van der Waals surface area contributed by atoms with Crippen molar-refractivity contribution in [2.75, 3.05) is 5.32 Å². The second kappa shape index (κ2) is 10.3. The number of carbonyl (C=O) groups excluding carboxylic acids is 1. The molecule has 0 spiro atoms. The highest BCUT2D eigenvalue weighted by Crippen LogP contribution is 2.26. The topological polar surface area (TPSA) is 37.3 Å². The Hall–Kier alpha value is -2.43. The predicted octanol–water partition coefficient (Wildman–Crippen LogP) is 7.21. The first kappa shape index (κ1) is 21.8. The van der Waals surface area contributed by atoms with E-state index in [0.29, 0.717) is 23.8 Å². The number of aromatic nitrogens is 1. The highest BCUT2D eigenvalue weighted by molar-refractivity contribution is 6.31. The number of rotatable bonds is 6. The van der Waals surface area contributed by atoms with Gasteiger partial charge in [0.15, 0.2) is 0 Å². The van der Waals surface area contributed by atoms with Gasteiger partial charge < -0.3 is 14.8 Å². The van der Waals surface area contributed by atoms with Gasteiger partial charge in [-0.1, -0.05) is 66.7 Å². The number of hydrogen-bond acceptors (Lipinski definition) is 1. The predicted molar refractivity (Wildman–Crippen MR) is 128 cm³/mol. The number of urea groups is 1. The Kier molecular flexibility index (Phi) is 7.21. The minimum Gasteiger partial charge on any atom is -0.345 e. The standard InChI is InChI=1S/C25H27Cl2N3O/c26-20-9-6-10-21(16-20)28-25(31)30(22-11-2-1-3-12-22)18-23-13-7-15-29(23)17-19-8-4-5-14-24(19)27/h4-10,13-16,22H,1-3,11-12,17-18H2,(H,28,31). The van der Waals surface area contributed by atoms with Crippen LogP contribution in [0.5, 0.6) is 0 Å². The maximum absolute atomic E-state index is 13.3. The van der Waals surface area contributed by atoms with Crippen LogP contribution in [0.1, 0.15) is 43.4 Å². The fourth-order valence-corrected chi connectivity index (χ4v) is 4.64. The molecule has 1 aliphatic carbocycles. The van der Waals surface area contributed by atoms with Crippen molar-refractivity contribution in [3.63, 3.8) is 0 Å². The van der Waals surface area contributed by atoms with Crippen LogP contribution in [-0.2, 0) is 13.1 Å². The van der Waals surface area contributed by atoms with E-state index >= 15 is 0 Å². The van der Waals surface area contributed by atoms with Gasteiger partial charge in [0.05, 0.1) is 6.54 Å². The molecular formula is C25H27Cl2N3O. The Labute approximate surface area is 193 Å². The van der Waals surface area contributed by atoms with Crippen molar-refractivity contribution >= 4 is 34.9 Å². The molecule has 1 N–H and O–H groups in total. The zero-order valence-electron chi connectivity index (χ0n) is 17.4. The first-order valence-corrected chi connectivity index (χ1v) is 11.6. The van der Waals surface area contributed by atoms with Crippen LogP contribution in [0.3, 0.4) is 0 Å². The number of anilines is 1. The molecule has 0 unspecified atom stereocenters. The van der Waals surface area contributed by atoms with Gasteiger partial charge in [-0.2, -0.15) is 0 Å². The summed E-state index contributed by atoms with van der Waals surface area (Å²) in [7, 11) is 0. The molecule has 4 rings (SSSR count). The zero-order chi connectivity index (χ0) is 21.6. The average Bonchev–Trinajstić information content (AvgIpc) is 3.21. The van der Waals surface area contributed by atoms with Crippen molar-refractivity contribution in [1.82, 2.24) is 9.47 Å². The summed E-state index contributed by atoms with van der Waals surface area (Å²) in [5.41, 5.74) is 2.87. The SMILES string of the molecule is O=C(Nc1cccc(Cl)c1)N(Cc1cccn1Cc1ccccc1Cl)C1CCCCC1. The molecule has 3 aromatic rings. The molecule has 162 valence electrons. The van der Waals surface area contributed by atoms with Crippen molar-refractivity contribution in [3.05, 3.63) is 88.2 Å². The number of benzene rings is 2. The third kappa shape index (κ3) is 5.63. The highest BCUT2D eigenvalue weighted by Gasteiger charge is 2.26. The average molecular weight is 456 g/mol. The van der Waals surface area contributed by atoms with E-state index < -0.39 is 0 Å². The molecule has 0 atom stereocenters. The van der Waals surface area contributed by atoms with E-state index in [1.807, 2.05) is 53.6 Å². The Morgan fingerprint density at radius 2 is 1.81 bits per heavy atom. The summed E-state index contributed by atoms with van der Waals surface area (Å²) in [6, 6.07) is 19.4. The maximum Gasteiger partial charge on any atom is 0.322 e. The second-order valence-electron chi connectivity index (χ2n) is 8.08. The Bertz CT molecular complexity index is 1030. The van der Waals surface area contributed by atoms with Crippen LogP contribution in [0.4, 0.5) is 10.5 Å². The molecular weight excluding hydrogens is 429 g/mol. The van der Waals surface area contributed by atoms with Gasteiger partial charge >= 0.3 is 6.03 Å². The van der Waals surface area contributed by atoms with E-state index in [9.17, 15) is 4.79 Å². The minimum absolute atomic E-state index is 0.0836. The third-order valence-electron chi connectivity index (χ3n) is 5.91. The minimum atomic E-state index is -0.0836. The number of carbonyl (C=O) groups is 1. The van der Waals surface area contributed by atoms with Crippen molar-refractivity contribution in [2.24, 2.45) is 0 Å². The van der Waals surface area contributed by atoms with E-state index in [1.165, 1.54) is 6.42 Å². The van der Waals surface area contributed by atoms with E-state index in [0.717, 1.165) is 42.0 Å². The van der Waals surface area contributed by atoms with Crippen molar-refractivity contribution in [2.45, 2.75) is 51.2 Å². The summed E-state index contributed by atoms with van der Waals surface area (Å²) < 4.78 is 2.17. The Balaban J connectivity index is 1.55. The van der Waals surface area contributed by atoms with Gasteiger partial charge in [-0.05, 0) is 54.8 Å². The molecule has 0 aliphatic heterocycles. The maximum atomic E-state index is 13.3. The van der Waals surface area contributed by atoms with Crippen molar-refractivity contribution in [3.8, 4) is 0 Å². The molecule has 4 nitrogen and oxygen atoms in total. The van der Waals surface area contributed by atoms with Gasteiger partial charge in [-0.3, -0.25) is 0 Å². The number of hydrogen-bond donors (Lipinski definition) is 1. The highest BCUT2D eigenvalue weighted by atomic mass is 35.5. The first-order valence-electron chi connectivity index (χ1n) is 10.8. The summed E-state index contributed by atoms with van der Waals surface area (Å²) in [5, 5.41) is 4.40. The third-order valence-corrected chi connectivity index (χ3v) is 6.51. The lowest BCUT2D eigenvalue weighted by Gasteiger charge is -2.34. The van der Waals surface area contributed by atoms with E-state index in [1.54, 1.807) is 12.1 Å². The molecule has 31 heavy (non-hydrogen) atoms. The van der Waals surface area contributed by atoms with Crippen LogP contribution >= 0.6 is 23.2 Å². The summed E-state index contributed by atoms with van der Waals surface area (Å²) in [4.78, 5) is 15.3. The summed E-state index contributed by atoms with van der Waals surface area (Å²) in [5.74, 6) is 0. The molecule has 1 saturated carbocycles. The summed E-state index contributed by atoms with van der Waals surface area (Å²) >= 11 is 12.5. The van der Waals surface area contributed by atoms with Gasteiger partial charge in [0.2, 0.25) is 0 Å². The van der Waals surface area contributed by atoms with Crippen LogP contribution in [0, 0.1) is 0 Å². The van der Waals surface area contributed by atoms with Crippen LogP contribution in [-0.4, -0.2) is 21.5 Å². The molecule has 2 aromatic carbocycles. The fourth-order valence-electron chi connectivity index (χ4n) is 4.25. The van der Waals surface area contributed by atoms with E-state index in [-0.39, 0.29) is 12.1 Å². The molecule has 0 saturated heterocycles. The summed E-state index contributed by atoms with van der Waals surface area (Å²) in [6.45, 7) is 1.23. The molecule has 1 fully saturated rings. The van der Waals surface area contributed by atoms with Gasteiger partial charge in [-0.15, -0.1) is 0 Å². The van der Waals surface area contributed by atoms with Gasteiger partial charge in [0.25, 0.3) is 0 Å². The molecule has 6 heteroatoms. The van der Waals surface area contributed by atoms with Gasteiger partial charge in [0, 0.05) is 40.2 Å². The Morgan fingerprint density at radius 3 is 2.58 bits per heavy atom. The van der Waals surface area contributed by atoms with Crippen molar-refractivity contribution < 1.29 is 4.79 Å². The second-order valence-corrected chi connectivity index (χ2v) is 8.92. The molecule has 1 aromatic heterocycles. The van der Waals surface area contributed by atoms with Crippen LogP contribution in [0.15, 0.2) is 66.9 Å². The first-order chi connectivity index (χ1) is 15.1. The van der Waals surface area contributed by atoms with Crippen LogP contribution < -0.4 is 5.32 Å². The van der Waals surface area contributed by atoms with E-state index in [4.69, 9.17) is 23.2 Å². The number of nitrogens with zero attached hydrogens (tertiary/aromatic N) is 2. The lowest BCUT2D eigenvalue weighted by molar-refractivity contribution is 0.161. The molecule has 1 aliphatic rings. The van der Waals surface area contributed by atoms with Gasteiger partial charge in [0.1, 0.15) is 0 Å². The lowest BCUT2D eigenvalue weighted by atomic mass is 9.94. The summed E-state index contributed by atoms with van der Waals surface area (Å²) in [6.07, 6.45) is 7.68. The fraction of sp³-hybridized carbons (Fsp3) is 0.320. The number of halogens is 2.